The van der Waals surface area contributed by atoms with Crippen molar-refractivity contribution in [3.63, 3.8) is 0 Å². The number of aromatic nitrogens is 1. The number of anilines is 2. The molecule has 0 amide bonds. The summed E-state index contributed by atoms with van der Waals surface area (Å²) in [4.78, 5) is 3.75. The van der Waals surface area contributed by atoms with E-state index in [1.165, 1.54) is 0 Å². The number of nitrogens with zero attached hydrogens (tertiary/aromatic N) is 1. The van der Waals surface area contributed by atoms with E-state index in [9.17, 15) is 0 Å². The molecule has 0 aliphatic rings. The Kier molecular flexibility index (Phi) is 1.53. The summed E-state index contributed by atoms with van der Waals surface area (Å²) in [7, 11) is 0. The van der Waals surface area contributed by atoms with Crippen molar-refractivity contribution >= 4 is 17.9 Å². The Balaban J connectivity index is 3.19. The van der Waals surface area contributed by atoms with Gasteiger partial charge in [-0.2, -0.15) is 0 Å². The molecule has 10 heavy (non-hydrogen) atoms. The molecule has 0 aliphatic heterocycles. The van der Waals surface area contributed by atoms with Gasteiger partial charge in [0.15, 0.2) is 0 Å². The Morgan fingerprint density at radius 2 is 2.10 bits per heavy atom. The van der Waals surface area contributed by atoms with Crippen LogP contribution in [0.15, 0.2) is 12.1 Å². The highest BCUT2D eigenvalue weighted by atomic mass is 14.9. The van der Waals surface area contributed by atoms with Crippen LogP contribution in [0.5, 0.6) is 0 Å². The van der Waals surface area contributed by atoms with Crippen molar-refractivity contribution in [1.29, 1.82) is 5.41 Å². The largest absolute Gasteiger partial charge is 0.384 e. The minimum atomic E-state index is 0.301. The molecule has 0 aliphatic carbocycles. The summed E-state index contributed by atoms with van der Waals surface area (Å²) in [5, 5.41) is 6.87. The maximum absolute atomic E-state index is 6.87. The first-order valence-corrected chi connectivity index (χ1v) is 2.76. The van der Waals surface area contributed by atoms with E-state index in [4.69, 9.17) is 16.9 Å². The lowest BCUT2D eigenvalue weighted by molar-refractivity contribution is 1.33. The molecule has 0 spiro atoms. The number of nitrogens with one attached hydrogen (secondary N) is 1. The molecule has 0 atom stereocenters. The van der Waals surface area contributed by atoms with Gasteiger partial charge in [0.25, 0.3) is 0 Å². The van der Waals surface area contributed by atoms with E-state index in [0.717, 1.165) is 6.21 Å². The Hall–Kier alpha value is -1.58. The molecule has 5 N–H and O–H groups in total. The van der Waals surface area contributed by atoms with Crippen molar-refractivity contribution < 1.29 is 0 Å². The van der Waals surface area contributed by atoms with Gasteiger partial charge in [-0.05, 0) is 12.1 Å². The molecule has 1 rings (SSSR count). The number of hydrogen-bond donors (Lipinski definition) is 3. The van der Waals surface area contributed by atoms with Gasteiger partial charge in [0, 0.05) is 11.8 Å². The zero-order valence-corrected chi connectivity index (χ0v) is 5.33. The van der Waals surface area contributed by atoms with Crippen LogP contribution in [0.4, 0.5) is 11.6 Å². The summed E-state index contributed by atoms with van der Waals surface area (Å²) < 4.78 is 0. The Morgan fingerprint density at radius 3 is 2.60 bits per heavy atom. The van der Waals surface area contributed by atoms with Crippen molar-refractivity contribution in [1.82, 2.24) is 4.98 Å². The van der Waals surface area contributed by atoms with E-state index >= 15 is 0 Å². The normalized spacial score (nSPS) is 9.20. The average molecular weight is 136 g/mol. The van der Waals surface area contributed by atoms with E-state index < -0.39 is 0 Å². The predicted molar refractivity (Wildman–Crippen MR) is 40.9 cm³/mol. The van der Waals surface area contributed by atoms with Crippen molar-refractivity contribution in [3.8, 4) is 0 Å². The van der Waals surface area contributed by atoms with Crippen molar-refractivity contribution in [2.24, 2.45) is 0 Å². The third kappa shape index (κ3) is 1.05. The van der Waals surface area contributed by atoms with Crippen LogP contribution >= 0.6 is 0 Å². The van der Waals surface area contributed by atoms with Crippen LogP contribution in [0.3, 0.4) is 0 Å². The maximum atomic E-state index is 6.87. The molecule has 4 heteroatoms. The highest BCUT2D eigenvalue weighted by Crippen LogP contribution is 2.07. The molecule has 0 aromatic carbocycles. The van der Waals surface area contributed by atoms with Crippen molar-refractivity contribution in [2.45, 2.75) is 0 Å². The third-order valence-corrected chi connectivity index (χ3v) is 1.13. The van der Waals surface area contributed by atoms with Gasteiger partial charge in [-0.3, -0.25) is 0 Å². The smallest absolute Gasteiger partial charge is 0.134 e. The second-order valence-electron chi connectivity index (χ2n) is 1.85. The lowest BCUT2D eigenvalue weighted by Crippen LogP contribution is -1.99. The number of nitrogen functional groups attached to an aromatic ring is 2. The topological polar surface area (TPSA) is 88.8 Å². The molecule has 1 heterocycles. The number of rotatable bonds is 1. The SMILES string of the molecule is N=Cc1ccc(N)nc1N. The van der Waals surface area contributed by atoms with Crippen LogP contribution in [0.25, 0.3) is 0 Å². The fraction of sp³-hybridized carbons (Fsp3) is 0. The van der Waals surface area contributed by atoms with Gasteiger partial charge in [0.2, 0.25) is 0 Å². The predicted octanol–water partition coefficient (Wildman–Crippen LogP) is 0.244. The highest BCUT2D eigenvalue weighted by Gasteiger charge is 1.95. The van der Waals surface area contributed by atoms with Gasteiger partial charge in [0.1, 0.15) is 11.6 Å². The van der Waals surface area contributed by atoms with Crippen LogP contribution in [0, 0.1) is 5.41 Å². The summed E-state index contributed by atoms with van der Waals surface area (Å²) in [5.41, 5.74) is 11.3. The van der Waals surface area contributed by atoms with Crippen LogP contribution in [-0.2, 0) is 0 Å². The number of pyridine rings is 1. The average Bonchev–Trinajstić information content (AvgIpc) is 1.88. The quantitative estimate of drug-likeness (QED) is 0.483. The minimum absolute atomic E-state index is 0.301. The molecule has 0 fully saturated rings. The van der Waals surface area contributed by atoms with Gasteiger partial charge in [0.05, 0.1) is 0 Å². The lowest BCUT2D eigenvalue weighted by atomic mass is 10.3. The zero-order chi connectivity index (χ0) is 7.56. The third-order valence-electron chi connectivity index (χ3n) is 1.13. The summed E-state index contributed by atoms with van der Waals surface area (Å²) in [6.45, 7) is 0. The van der Waals surface area contributed by atoms with E-state index in [2.05, 4.69) is 4.98 Å². The Labute approximate surface area is 58.4 Å². The Bertz CT molecular complexity index is 256. The van der Waals surface area contributed by atoms with Gasteiger partial charge in [-0.15, -0.1) is 0 Å². The lowest BCUT2D eigenvalue weighted by Gasteiger charge is -1.97. The molecular weight excluding hydrogens is 128 g/mol. The first-order valence-electron chi connectivity index (χ1n) is 2.76. The maximum Gasteiger partial charge on any atom is 0.134 e. The molecule has 4 nitrogen and oxygen atoms in total. The molecule has 0 bridgehead atoms. The summed E-state index contributed by atoms with van der Waals surface area (Å²) in [6, 6.07) is 3.27. The van der Waals surface area contributed by atoms with Crippen LogP contribution < -0.4 is 11.5 Å². The first-order chi connectivity index (χ1) is 4.74. The fourth-order valence-corrected chi connectivity index (χ4v) is 0.623. The zero-order valence-electron chi connectivity index (χ0n) is 5.33. The summed E-state index contributed by atoms with van der Waals surface area (Å²) >= 11 is 0. The highest BCUT2D eigenvalue weighted by molar-refractivity contribution is 5.83. The molecular formula is C6H8N4. The number of hydrogen-bond acceptors (Lipinski definition) is 4. The standard InChI is InChI=1S/C6H8N4/c7-3-4-1-2-5(8)10-6(4)9/h1-3,7H,(H4,8,9,10). The molecule has 1 aromatic heterocycles. The second-order valence-corrected chi connectivity index (χ2v) is 1.85. The molecule has 0 saturated carbocycles. The van der Waals surface area contributed by atoms with Crippen LogP contribution in [-0.4, -0.2) is 11.2 Å². The van der Waals surface area contributed by atoms with E-state index in [1.54, 1.807) is 12.1 Å². The minimum Gasteiger partial charge on any atom is -0.384 e. The van der Waals surface area contributed by atoms with Crippen LogP contribution in [0.2, 0.25) is 0 Å². The Morgan fingerprint density at radius 1 is 1.40 bits per heavy atom. The number of nitrogens with two attached hydrogens (primary N) is 2. The van der Waals surface area contributed by atoms with Gasteiger partial charge in [-0.25, -0.2) is 4.98 Å². The summed E-state index contributed by atoms with van der Waals surface area (Å²) in [5.74, 6) is 0.679. The van der Waals surface area contributed by atoms with E-state index in [0.29, 0.717) is 17.2 Å². The van der Waals surface area contributed by atoms with E-state index in [1.807, 2.05) is 0 Å². The molecule has 0 saturated heterocycles. The van der Waals surface area contributed by atoms with Crippen molar-refractivity contribution in [2.75, 3.05) is 11.5 Å². The fourth-order valence-electron chi connectivity index (χ4n) is 0.623. The first kappa shape index (κ1) is 6.54. The molecule has 52 valence electrons. The van der Waals surface area contributed by atoms with E-state index in [-0.39, 0.29) is 0 Å². The van der Waals surface area contributed by atoms with Gasteiger partial charge >= 0.3 is 0 Å². The summed E-state index contributed by atoms with van der Waals surface area (Å²) in [6.07, 6.45) is 1.14. The van der Waals surface area contributed by atoms with Gasteiger partial charge in [-0.1, -0.05) is 0 Å². The molecule has 0 unspecified atom stereocenters. The molecule has 1 aromatic rings. The van der Waals surface area contributed by atoms with Crippen LogP contribution in [0.1, 0.15) is 5.56 Å². The van der Waals surface area contributed by atoms with Gasteiger partial charge < -0.3 is 16.9 Å². The monoisotopic (exact) mass is 136 g/mol. The molecule has 0 radical (unpaired) electrons. The second kappa shape index (κ2) is 2.34. The van der Waals surface area contributed by atoms with Crippen molar-refractivity contribution in [3.05, 3.63) is 17.7 Å².